The van der Waals surface area contributed by atoms with Gasteiger partial charge in [0.1, 0.15) is 17.3 Å². The van der Waals surface area contributed by atoms with Gasteiger partial charge in [0, 0.05) is 55.7 Å². The van der Waals surface area contributed by atoms with E-state index in [2.05, 4.69) is 10.3 Å². The van der Waals surface area contributed by atoms with E-state index in [0.29, 0.717) is 50.0 Å². The first-order valence-corrected chi connectivity index (χ1v) is 10.6. The number of anilines is 1. The zero-order valence-electron chi connectivity index (χ0n) is 18.0. The number of aromatic nitrogens is 1. The molecular formula is C23H25F3N4O2. The highest BCUT2D eigenvalue weighted by molar-refractivity contribution is 6.04. The van der Waals surface area contributed by atoms with Crippen LogP contribution in [-0.4, -0.2) is 47.8 Å². The summed E-state index contributed by atoms with van der Waals surface area (Å²) >= 11 is 0. The fourth-order valence-electron chi connectivity index (χ4n) is 5.37. The summed E-state index contributed by atoms with van der Waals surface area (Å²) in [4.78, 5) is 19.5. The number of nitrogens with two attached hydrogens (primary N) is 1. The zero-order chi connectivity index (χ0) is 22.9. The number of ether oxygens (including phenoxy) is 1. The Morgan fingerprint density at radius 3 is 2.41 bits per heavy atom. The van der Waals surface area contributed by atoms with E-state index in [1.807, 2.05) is 11.8 Å². The summed E-state index contributed by atoms with van der Waals surface area (Å²) in [5.74, 6) is -1.77. The van der Waals surface area contributed by atoms with Gasteiger partial charge in [0.25, 0.3) is 5.91 Å². The molecule has 1 atom stereocenters. The van der Waals surface area contributed by atoms with E-state index in [0.717, 1.165) is 6.07 Å². The van der Waals surface area contributed by atoms with Crippen molar-refractivity contribution in [2.24, 2.45) is 5.73 Å². The third-order valence-corrected chi connectivity index (χ3v) is 6.77. The van der Waals surface area contributed by atoms with Crippen LogP contribution in [0.15, 0.2) is 24.4 Å². The van der Waals surface area contributed by atoms with Gasteiger partial charge in [-0.25, -0.2) is 18.2 Å². The monoisotopic (exact) mass is 446 g/mol. The predicted octanol–water partition coefficient (Wildman–Crippen LogP) is 3.34. The van der Waals surface area contributed by atoms with Crippen LogP contribution in [-0.2, 0) is 0 Å². The van der Waals surface area contributed by atoms with Gasteiger partial charge in [-0.05, 0) is 31.0 Å². The molecule has 2 heterocycles. The lowest BCUT2D eigenvalue weighted by atomic mass is 9.47. The number of alkyl halides is 1. The Morgan fingerprint density at radius 2 is 1.88 bits per heavy atom. The third-order valence-electron chi connectivity index (χ3n) is 6.77. The summed E-state index contributed by atoms with van der Waals surface area (Å²) < 4.78 is 47.6. The van der Waals surface area contributed by atoms with E-state index < -0.39 is 34.3 Å². The van der Waals surface area contributed by atoms with Gasteiger partial charge in [0.15, 0.2) is 0 Å². The van der Waals surface area contributed by atoms with Gasteiger partial charge in [-0.15, -0.1) is 0 Å². The molecular weight excluding hydrogens is 421 g/mol. The molecule has 2 bridgehead atoms. The number of pyridine rings is 1. The quantitative estimate of drug-likeness (QED) is 0.737. The van der Waals surface area contributed by atoms with E-state index in [4.69, 9.17) is 10.5 Å². The molecule has 1 amide bonds. The molecule has 1 aliphatic heterocycles. The molecule has 1 saturated heterocycles. The molecule has 3 saturated carbocycles. The van der Waals surface area contributed by atoms with Crippen molar-refractivity contribution < 1.29 is 22.7 Å². The Balaban J connectivity index is 1.64. The zero-order valence-corrected chi connectivity index (χ0v) is 18.0. The summed E-state index contributed by atoms with van der Waals surface area (Å²) in [5, 5.41) is 2.96. The van der Waals surface area contributed by atoms with Crippen molar-refractivity contribution in [3.8, 4) is 17.0 Å². The number of methoxy groups -OCH3 is 1. The predicted molar refractivity (Wildman–Crippen MR) is 113 cm³/mol. The third kappa shape index (κ3) is 3.39. The number of carbonyl (C=O) groups excluding carboxylic acids is 1. The maximum absolute atomic E-state index is 14.1. The average Bonchev–Trinajstić information content (AvgIpc) is 3.03. The van der Waals surface area contributed by atoms with Crippen LogP contribution in [0.1, 0.15) is 43.0 Å². The number of hydrogen-bond acceptors (Lipinski definition) is 5. The molecule has 9 heteroatoms. The van der Waals surface area contributed by atoms with E-state index in [1.54, 1.807) is 0 Å². The second kappa shape index (κ2) is 6.84. The first-order chi connectivity index (χ1) is 15.0. The number of benzene rings is 1. The number of amides is 1. The lowest BCUT2D eigenvalue weighted by Crippen LogP contribution is -2.76. The van der Waals surface area contributed by atoms with Gasteiger partial charge in [-0.3, -0.25) is 4.79 Å². The minimum Gasteiger partial charge on any atom is -0.480 e. The highest BCUT2D eigenvalue weighted by Crippen LogP contribution is 2.63. The average molecular weight is 446 g/mol. The van der Waals surface area contributed by atoms with Crippen LogP contribution >= 0.6 is 0 Å². The maximum atomic E-state index is 14.1. The van der Waals surface area contributed by atoms with Crippen molar-refractivity contribution in [3.05, 3.63) is 41.6 Å². The van der Waals surface area contributed by atoms with Crippen LogP contribution in [0.3, 0.4) is 0 Å². The largest absolute Gasteiger partial charge is 0.480 e. The van der Waals surface area contributed by atoms with Crippen LogP contribution in [0.4, 0.5) is 18.9 Å². The SMILES string of the molecule is COc1ncc(C(=O)NC23CC(F)(C2)C3)c(N2CC[C@](C)(N)C2)c1-c1cc(F)cc(F)c1. The molecule has 170 valence electrons. The van der Waals surface area contributed by atoms with Crippen LogP contribution in [0.25, 0.3) is 11.1 Å². The molecule has 6 rings (SSSR count). The van der Waals surface area contributed by atoms with Crippen molar-refractivity contribution >= 4 is 11.6 Å². The summed E-state index contributed by atoms with van der Waals surface area (Å²) in [5.41, 5.74) is 5.37. The molecule has 3 N–H and O–H groups in total. The number of carbonyl (C=O) groups is 1. The Labute approximate surface area is 183 Å². The normalized spacial score (nSPS) is 30.5. The highest BCUT2D eigenvalue weighted by atomic mass is 19.1. The number of hydrogen-bond donors (Lipinski definition) is 2. The molecule has 1 aromatic carbocycles. The summed E-state index contributed by atoms with van der Waals surface area (Å²) in [6, 6.07) is 3.14. The van der Waals surface area contributed by atoms with Crippen molar-refractivity contribution in [1.29, 1.82) is 0 Å². The molecule has 0 radical (unpaired) electrons. The van der Waals surface area contributed by atoms with E-state index in [9.17, 15) is 18.0 Å². The van der Waals surface area contributed by atoms with Crippen LogP contribution < -0.4 is 20.7 Å². The number of rotatable bonds is 5. The Kier molecular flexibility index (Phi) is 4.50. The first kappa shape index (κ1) is 21.1. The lowest BCUT2D eigenvalue weighted by molar-refractivity contribution is -0.162. The van der Waals surface area contributed by atoms with Crippen LogP contribution in [0.5, 0.6) is 5.88 Å². The van der Waals surface area contributed by atoms with Gasteiger partial charge < -0.3 is 20.7 Å². The van der Waals surface area contributed by atoms with Gasteiger partial charge in [-0.2, -0.15) is 0 Å². The first-order valence-electron chi connectivity index (χ1n) is 10.6. The molecule has 1 aromatic heterocycles. The van der Waals surface area contributed by atoms with Crippen LogP contribution in [0, 0.1) is 11.6 Å². The molecule has 4 aliphatic rings. The molecule has 3 aliphatic carbocycles. The van der Waals surface area contributed by atoms with E-state index in [1.165, 1.54) is 25.4 Å². The van der Waals surface area contributed by atoms with Crippen molar-refractivity contribution in [2.45, 2.75) is 49.4 Å². The minimum absolute atomic E-state index is 0.139. The smallest absolute Gasteiger partial charge is 0.255 e. The second-order valence-corrected chi connectivity index (χ2v) is 9.80. The Morgan fingerprint density at radius 1 is 1.22 bits per heavy atom. The topological polar surface area (TPSA) is 80.5 Å². The minimum atomic E-state index is -1.16. The number of nitrogens with zero attached hydrogens (tertiary/aromatic N) is 2. The van der Waals surface area contributed by atoms with Crippen molar-refractivity contribution in [1.82, 2.24) is 10.3 Å². The van der Waals surface area contributed by atoms with Gasteiger partial charge in [0.2, 0.25) is 5.88 Å². The van der Waals surface area contributed by atoms with Gasteiger partial charge >= 0.3 is 0 Å². The summed E-state index contributed by atoms with van der Waals surface area (Å²) in [6.07, 6.45) is 2.97. The molecule has 0 unspecified atom stereocenters. The molecule has 4 fully saturated rings. The Bertz CT molecular complexity index is 1080. The van der Waals surface area contributed by atoms with E-state index in [-0.39, 0.29) is 17.0 Å². The summed E-state index contributed by atoms with van der Waals surface area (Å²) in [7, 11) is 1.41. The van der Waals surface area contributed by atoms with Crippen LogP contribution in [0.2, 0.25) is 0 Å². The molecule has 6 nitrogen and oxygen atoms in total. The summed E-state index contributed by atoms with van der Waals surface area (Å²) in [6.45, 7) is 2.89. The van der Waals surface area contributed by atoms with E-state index >= 15 is 0 Å². The Hall–Kier alpha value is -2.81. The number of nitrogens with one attached hydrogen (secondary N) is 1. The van der Waals surface area contributed by atoms with Crippen molar-refractivity contribution in [2.75, 3.05) is 25.1 Å². The number of halogens is 3. The van der Waals surface area contributed by atoms with Gasteiger partial charge in [0.05, 0.1) is 23.9 Å². The fourth-order valence-corrected chi connectivity index (χ4v) is 5.37. The fraction of sp³-hybridized carbons (Fsp3) is 0.478. The van der Waals surface area contributed by atoms with Crippen molar-refractivity contribution in [3.63, 3.8) is 0 Å². The van der Waals surface area contributed by atoms with Gasteiger partial charge in [-0.1, -0.05) is 0 Å². The maximum Gasteiger partial charge on any atom is 0.255 e. The molecule has 0 spiro atoms. The lowest BCUT2D eigenvalue weighted by Gasteiger charge is -2.65. The highest BCUT2D eigenvalue weighted by Gasteiger charge is 2.70. The molecule has 2 aromatic rings. The standard InChI is InChI=1S/C23H25F3N4O2/c1-21(27)3-4-30(12-21)18-16(19(31)29-23-9-22(26,10-23)11-23)8-28-20(32-2)17(18)13-5-14(24)7-15(25)6-13/h5-8H,3-4,9-12,27H2,1-2H3,(H,29,31)/t21-,22?,23?/m0/s1. The second-order valence-electron chi connectivity index (χ2n) is 9.80. The molecule has 32 heavy (non-hydrogen) atoms.